The van der Waals surface area contributed by atoms with E-state index in [1.54, 1.807) is 24.3 Å². The van der Waals surface area contributed by atoms with E-state index in [4.69, 9.17) is 0 Å². The van der Waals surface area contributed by atoms with Crippen molar-refractivity contribution in [1.82, 2.24) is 0 Å². The molecule has 0 radical (unpaired) electrons. The van der Waals surface area contributed by atoms with Crippen molar-refractivity contribution < 1.29 is 26.8 Å². The molecule has 0 aromatic heterocycles. The SMILES string of the molecule is CCc1ccc(N2C(=O)CS(=O)(=O)C23C(=O)N(Cc2ccc(F)cc2)c2ccc(F)cc23)cc1. The Morgan fingerprint density at radius 2 is 1.50 bits per heavy atom. The first-order valence-electron chi connectivity index (χ1n) is 10.7. The third-order valence-electron chi connectivity index (χ3n) is 6.33. The maximum atomic E-state index is 14.4. The number of amides is 2. The molecule has 0 N–H and O–H groups in total. The molecule has 3 aromatic carbocycles. The molecule has 2 amide bonds. The van der Waals surface area contributed by atoms with Crippen molar-refractivity contribution in [2.45, 2.75) is 24.8 Å². The lowest BCUT2D eigenvalue weighted by Gasteiger charge is -2.32. The van der Waals surface area contributed by atoms with Crippen LogP contribution in [0.3, 0.4) is 0 Å². The number of nitrogens with zero attached hydrogens (tertiary/aromatic N) is 2. The van der Waals surface area contributed by atoms with Crippen molar-refractivity contribution in [3.05, 3.63) is 95.1 Å². The van der Waals surface area contributed by atoms with Crippen molar-refractivity contribution in [3.8, 4) is 0 Å². The van der Waals surface area contributed by atoms with Gasteiger partial charge in [0.25, 0.3) is 10.8 Å². The summed E-state index contributed by atoms with van der Waals surface area (Å²) in [5, 5.41) is 0. The molecular weight excluding hydrogens is 462 g/mol. The molecule has 9 heteroatoms. The quantitative estimate of drug-likeness (QED) is 0.569. The van der Waals surface area contributed by atoms with Gasteiger partial charge in [-0.05, 0) is 60.0 Å². The molecule has 1 spiro atoms. The summed E-state index contributed by atoms with van der Waals surface area (Å²) in [5.41, 5.74) is 1.82. The van der Waals surface area contributed by atoms with Gasteiger partial charge in [0.2, 0.25) is 5.91 Å². The van der Waals surface area contributed by atoms with Crippen LogP contribution in [-0.4, -0.2) is 26.0 Å². The Morgan fingerprint density at radius 3 is 2.15 bits per heavy atom. The Kier molecular flexibility index (Phi) is 5.05. The first-order chi connectivity index (χ1) is 16.2. The monoisotopic (exact) mass is 482 g/mol. The van der Waals surface area contributed by atoms with E-state index < -0.39 is 43.9 Å². The van der Waals surface area contributed by atoms with Gasteiger partial charge in [-0.3, -0.25) is 14.5 Å². The predicted octanol–water partition coefficient (Wildman–Crippen LogP) is 3.69. The molecule has 0 saturated carbocycles. The molecule has 3 aromatic rings. The highest BCUT2D eigenvalue weighted by molar-refractivity contribution is 7.94. The van der Waals surface area contributed by atoms with E-state index in [0.717, 1.165) is 29.0 Å². The minimum atomic E-state index is -4.40. The number of aryl methyl sites for hydroxylation is 1. The number of sulfone groups is 1. The van der Waals surface area contributed by atoms with Gasteiger partial charge in [0, 0.05) is 11.3 Å². The van der Waals surface area contributed by atoms with Gasteiger partial charge >= 0.3 is 0 Å². The van der Waals surface area contributed by atoms with Crippen LogP contribution in [0, 0.1) is 11.6 Å². The summed E-state index contributed by atoms with van der Waals surface area (Å²) in [4.78, 5) is 26.9. The van der Waals surface area contributed by atoms with Gasteiger partial charge in [-0.1, -0.05) is 31.2 Å². The van der Waals surface area contributed by atoms with Crippen LogP contribution < -0.4 is 9.80 Å². The van der Waals surface area contributed by atoms with Crippen molar-refractivity contribution in [2.75, 3.05) is 15.6 Å². The van der Waals surface area contributed by atoms with Gasteiger partial charge in [0.15, 0.2) is 9.84 Å². The lowest BCUT2D eigenvalue weighted by Crippen LogP contribution is -2.54. The molecule has 2 aliphatic rings. The molecule has 1 saturated heterocycles. The molecule has 1 atom stereocenters. The maximum Gasteiger partial charge on any atom is 0.274 e. The van der Waals surface area contributed by atoms with Crippen molar-refractivity contribution in [2.24, 2.45) is 0 Å². The normalized spacial score (nSPS) is 20.9. The van der Waals surface area contributed by atoms with E-state index in [1.165, 1.54) is 35.2 Å². The summed E-state index contributed by atoms with van der Waals surface area (Å²) in [7, 11) is -4.40. The molecule has 0 aliphatic carbocycles. The zero-order chi connectivity index (χ0) is 24.3. The molecule has 1 fully saturated rings. The van der Waals surface area contributed by atoms with Gasteiger partial charge < -0.3 is 4.90 Å². The van der Waals surface area contributed by atoms with Crippen LogP contribution in [0.5, 0.6) is 0 Å². The number of anilines is 2. The van der Waals surface area contributed by atoms with Crippen molar-refractivity contribution in [1.29, 1.82) is 0 Å². The van der Waals surface area contributed by atoms with Gasteiger partial charge in [-0.2, -0.15) is 0 Å². The Bertz CT molecular complexity index is 1420. The average Bonchev–Trinajstić information content (AvgIpc) is 3.17. The molecule has 34 heavy (non-hydrogen) atoms. The highest BCUT2D eigenvalue weighted by atomic mass is 32.2. The van der Waals surface area contributed by atoms with Crippen LogP contribution in [0.15, 0.2) is 66.7 Å². The summed E-state index contributed by atoms with van der Waals surface area (Å²) in [6, 6.07) is 15.6. The van der Waals surface area contributed by atoms with Crippen LogP contribution in [0.4, 0.5) is 20.2 Å². The summed E-state index contributed by atoms with van der Waals surface area (Å²) in [6.07, 6.45) is 0.732. The molecule has 2 heterocycles. The number of hydrogen-bond donors (Lipinski definition) is 0. The smallest absolute Gasteiger partial charge is 0.274 e. The Labute approximate surface area is 195 Å². The van der Waals surface area contributed by atoms with Gasteiger partial charge in [0.1, 0.15) is 17.4 Å². The number of carbonyl (C=O) groups excluding carboxylic acids is 2. The minimum Gasteiger partial charge on any atom is -0.304 e. The number of fused-ring (bicyclic) bond motifs is 2. The van der Waals surface area contributed by atoms with Gasteiger partial charge in [0.05, 0.1) is 12.2 Å². The maximum absolute atomic E-state index is 14.4. The number of benzene rings is 3. The van der Waals surface area contributed by atoms with E-state index in [2.05, 4.69) is 0 Å². The average molecular weight is 483 g/mol. The molecule has 1 unspecified atom stereocenters. The molecule has 0 bridgehead atoms. The summed E-state index contributed by atoms with van der Waals surface area (Å²) < 4.78 is 54.9. The van der Waals surface area contributed by atoms with E-state index in [-0.39, 0.29) is 23.5 Å². The largest absolute Gasteiger partial charge is 0.304 e. The number of rotatable bonds is 4. The standard InChI is InChI=1S/C25H20F2N2O4S/c1-2-16-5-10-20(11-6-16)29-23(30)15-34(32,33)25(29)21-13-19(27)9-12-22(21)28(24(25)31)14-17-3-7-18(26)8-4-17/h3-13H,2,14-15H2,1H3. The molecule has 2 aliphatic heterocycles. The van der Waals surface area contributed by atoms with E-state index in [9.17, 15) is 26.8 Å². The zero-order valence-corrected chi connectivity index (χ0v) is 19.0. The summed E-state index contributed by atoms with van der Waals surface area (Å²) in [6.45, 7) is 1.88. The first kappa shape index (κ1) is 22.2. The summed E-state index contributed by atoms with van der Waals surface area (Å²) in [5.74, 6) is -3.71. The minimum absolute atomic E-state index is 0.0776. The topological polar surface area (TPSA) is 74.8 Å². The second kappa shape index (κ2) is 7.73. The van der Waals surface area contributed by atoms with Gasteiger partial charge in [-0.15, -0.1) is 0 Å². The molecule has 174 valence electrons. The van der Waals surface area contributed by atoms with Gasteiger partial charge in [-0.25, -0.2) is 17.2 Å². The fraction of sp³-hybridized carbons (Fsp3) is 0.200. The predicted molar refractivity (Wildman–Crippen MR) is 123 cm³/mol. The van der Waals surface area contributed by atoms with Crippen LogP contribution >= 0.6 is 0 Å². The third kappa shape index (κ3) is 3.07. The second-order valence-corrected chi connectivity index (χ2v) is 10.4. The Hall–Kier alpha value is -3.59. The van der Waals surface area contributed by atoms with Crippen molar-refractivity contribution >= 4 is 33.0 Å². The first-order valence-corrected chi connectivity index (χ1v) is 12.3. The van der Waals surface area contributed by atoms with Crippen molar-refractivity contribution in [3.63, 3.8) is 0 Å². The van der Waals surface area contributed by atoms with Crippen LogP contribution in [-0.2, 0) is 37.3 Å². The summed E-state index contributed by atoms with van der Waals surface area (Å²) >= 11 is 0. The fourth-order valence-electron chi connectivity index (χ4n) is 4.72. The van der Waals surface area contributed by atoms with E-state index >= 15 is 0 Å². The molecule has 6 nitrogen and oxygen atoms in total. The Balaban J connectivity index is 1.73. The Morgan fingerprint density at radius 1 is 0.882 bits per heavy atom. The lowest BCUT2D eigenvalue weighted by molar-refractivity contribution is -0.123. The lowest BCUT2D eigenvalue weighted by atomic mass is 10.0. The molecule has 5 rings (SSSR count). The van der Waals surface area contributed by atoms with Crippen LogP contribution in [0.1, 0.15) is 23.6 Å². The number of hydrogen-bond acceptors (Lipinski definition) is 4. The number of halogens is 2. The van der Waals surface area contributed by atoms with Crippen LogP contribution in [0.25, 0.3) is 0 Å². The van der Waals surface area contributed by atoms with Crippen LogP contribution in [0.2, 0.25) is 0 Å². The third-order valence-corrected chi connectivity index (χ3v) is 8.44. The fourth-order valence-corrected chi connectivity index (χ4v) is 6.74. The van der Waals surface area contributed by atoms with E-state index in [0.29, 0.717) is 5.56 Å². The highest BCUT2D eigenvalue weighted by Gasteiger charge is 2.69. The van der Waals surface area contributed by atoms with E-state index in [1.807, 2.05) is 6.92 Å². The second-order valence-electron chi connectivity index (χ2n) is 8.33. The zero-order valence-electron chi connectivity index (χ0n) is 18.2. The number of carbonyl (C=O) groups is 2. The highest BCUT2D eigenvalue weighted by Crippen LogP contribution is 2.53. The molecular formula is C25H20F2N2O4S.